The molecule has 4 aromatic rings. The first kappa shape index (κ1) is 22.1. The fourth-order valence-electron chi connectivity index (χ4n) is 3.90. The average Bonchev–Trinajstić information content (AvgIpc) is 3.30. The van der Waals surface area contributed by atoms with E-state index in [2.05, 4.69) is 28.5 Å². The minimum absolute atomic E-state index is 0.320. The van der Waals surface area contributed by atoms with Gasteiger partial charge in [0.1, 0.15) is 4.21 Å². The highest BCUT2D eigenvalue weighted by Gasteiger charge is 2.22. The zero-order valence-electron chi connectivity index (χ0n) is 17.8. The van der Waals surface area contributed by atoms with Crippen LogP contribution in [-0.4, -0.2) is 37.9 Å². The van der Waals surface area contributed by atoms with Gasteiger partial charge in [0.15, 0.2) is 0 Å². The molecule has 2 aromatic heterocycles. The molecule has 5 nitrogen and oxygen atoms in total. The fourth-order valence-corrected chi connectivity index (χ4v) is 6.86. The molecule has 4 rings (SSSR count). The van der Waals surface area contributed by atoms with Crippen LogP contribution in [0.4, 0.5) is 5.69 Å². The molecule has 0 fully saturated rings. The Labute approximate surface area is 192 Å². The summed E-state index contributed by atoms with van der Waals surface area (Å²) in [6, 6.07) is 11.1. The topological polar surface area (TPSA) is 65.2 Å². The molecule has 0 atom stereocenters. The van der Waals surface area contributed by atoms with Crippen molar-refractivity contribution < 1.29 is 8.42 Å². The van der Waals surface area contributed by atoms with E-state index < -0.39 is 10.0 Å². The molecule has 0 amide bonds. The average molecular weight is 476 g/mol. The fraction of sp³-hybridized carbons (Fsp3) is 0.304. The molecule has 2 N–H and O–H groups in total. The smallest absolute Gasteiger partial charge is 0.271 e. The molecule has 0 aliphatic carbocycles. The van der Waals surface area contributed by atoms with Crippen LogP contribution in [-0.2, 0) is 16.4 Å². The van der Waals surface area contributed by atoms with Crippen LogP contribution in [0.2, 0.25) is 5.02 Å². The monoisotopic (exact) mass is 475 g/mol. The lowest BCUT2D eigenvalue weighted by molar-refractivity contribution is 0.308. The summed E-state index contributed by atoms with van der Waals surface area (Å²) in [4.78, 5) is 5.67. The van der Waals surface area contributed by atoms with E-state index in [4.69, 9.17) is 11.6 Å². The quantitative estimate of drug-likeness (QED) is 0.327. The van der Waals surface area contributed by atoms with Gasteiger partial charge in [-0.15, -0.1) is 11.3 Å². The van der Waals surface area contributed by atoms with E-state index in [0.29, 0.717) is 14.9 Å². The largest absolute Gasteiger partial charge is 0.361 e. The lowest BCUT2D eigenvalue weighted by Gasteiger charge is -2.17. The Bertz CT molecular complexity index is 1340. The number of hydrogen-bond donors (Lipinski definition) is 2. The summed E-state index contributed by atoms with van der Waals surface area (Å²) in [5.74, 6) is 0. The highest BCUT2D eigenvalue weighted by molar-refractivity contribution is 7.94. The standard InChI is InChI=1S/C23H26ClN3O2S2/c1-4-27(5-2)11-10-16-14-25-21-8-7-18(13-20(16)21)26-31(28,29)23-15(3)19-12-17(24)6-9-22(19)30-23/h6-9,12-14,25-26H,4-5,10-11H2,1-3H3. The maximum Gasteiger partial charge on any atom is 0.271 e. The number of aryl methyl sites for hydroxylation is 1. The van der Waals surface area contributed by atoms with Gasteiger partial charge in [-0.05, 0) is 79.3 Å². The Morgan fingerprint density at radius 3 is 2.61 bits per heavy atom. The maximum atomic E-state index is 13.2. The number of aromatic amines is 1. The number of rotatable bonds is 8. The number of nitrogens with one attached hydrogen (secondary N) is 2. The Morgan fingerprint density at radius 2 is 1.87 bits per heavy atom. The number of fused-ring (bicyclic) bond motifs is 2. The second-order valence-corrected chi connectivity index (χ2v) is 11.0. The van der Waals surface area contributed by atoms with Gasteiger partial charge in [-0.25, -0.2) is 8.42 Å². The summed E-state index contributed by atoms with van der Waals surface area (Å²) in [6.07, 6.45) is 2.93. The number of aromatic nitrogens is 1. The van der Waals surface area contributed by atoms with Crippen molar-refractivity contribution in [2.75, 3.05) is 24.4 Å². The lowest BCUT2D eigenvalue weighted by atomic mass is 10.1. The first-order valence-corrected chi connectivity index (χ1v) is 13.0. The summed E-state index contributed by atoms with van der Waals surface area (Å²) in [7, 11) is -3.71. The van der Waals surface area contributed by atoms with Crippen molar-refractivity contribution in [3.8, 4) is 0 Å². The van der Waals surface area contributed by atoms with Gasteiger partial charge in [-0.2, -0.15) is 0 Å². The van der Waals surface area contributed by atoms with E-state index in [1.165, 1.54) is 16.9 Å². The molecule has 2 heterocycles. The van der Waals surface area contributed by atoms with Crippen LogP contribution in [0.25, 0.3) is 21.0 Å². The summed E-state index contributed by atoms with van der Waals surface area (Å²) in [5, 5.41) is 2.52. The molecule has 8 heteroatoms. The first-order chi connectivity index (χ1) is 14.8. The number of anilines is 1. The number of benzene rings is 2. The van der Waals surface area contributed by atoms with Gasteiger partial charge in [0.05, 0.1) is 0 Å². The molecular formula is C23H26ClN3O2S2. The molecule has 2 aromatic carbocycles. The minimum atomic E-state index is -3.71. The molecule has 0 aliphatic heterocycles. The van der Waals surface area contributed by atoms with Crippen molar-refractivity contribution in [2.24, 2.45) is 0 Å². The number of thiophene rings is 1. The Balaban J connectivity index is 1.63. The molecular weight excluding hydrogens is 450 g/mol. The van der Waals surface area contributed by atoms with Crippen molar-refractivity contribution in [1.29, 1.82) is 0 Å². The van der Waals surface area contributed by atoms with E-state index in [1.807, 2.05) is 37.4 Å². The normalized spacial score (nSPS) is 12.3. The van der Waals surface area contributed by atoms with Crippen LogP contribution in [0.1, 0.15) is 25.0 Å². The maximum absolute atomic E-state index is 13.2. The van der Waals surface area contributed by atoms with Crippen molar-refractivity contribution in [3.63, 3.8) is 0 Å². The number of H-pyrrole nitrogens is 1. The second-order valence-electron chi connectivity index (χ2n) is 7.61. The Hall–Kier alpha value is -2.06. The van der Waals surface area contributed by atoms with Crippen molar-refractivity contribution in [3.05, 3.63) is 58.7 Å². The summed E-state index contributed by atoms with van der Waals surface area (Å²) >= 11 is 7.36. The minimum Gasteiger partial charge on any atom is -0.361 e. The molecule has 0 aliphatic rings. The van der Waals surface area contributed by atoms with Gasteiger partial charge in [-0.3, -0.25) is 4.72 Å². The molecule has 0 bridgehead atoms. The van der Waals surface area contributed by atoms with Gasteiger partial charge < -0.3 is 9.88 Å². The van der Waals surface area contributed by atoms with Gasteiger partial charge in [0.2, 0.25) is 0 Å². The van der Waals surface area contributed by atoms with Crippen LogP contribution in [0.15, 0.2) is 46.8 Å². The van der Waals surface area contributed by atoms with Crippen molar-refractivity contribution in [1.82, 2.24) is 9.88 Å². The van der Waals surface area contributed by atoms with Gasteiger partial charge in [0.25, 0.3) is 10.0 Å². The van der Waals surface area contributed by atoms with Crippen LogP contribution >= 0.6 is 22.9 Å². The number of nitrogens with zero attached hydrogens (tertiary/aromatic N) is 1. The molecule has 0 unspecified atom stereocenters. The zero-order valence-corrected chi connectivity index (χ0v) is 20.2. The predicted molar refractivity (Wildman–Crippen MR) is 132 cm³/mol. The Kier molecular flexibility index (Phi) is 6.30. The van der Waals surface area contributed by atoms with Crippen LogP contribution in [0.3, 0.4) is 0 Å². The third-order valence-corrected chi connectivity index (χ3v) is 9.22. The lowest BCUT2D eigenvalue weighted by Crippen LogP contribution is -2.25. The third-order valence-electron chi connectivity index (χ3n) is 5.71. The molecule has 164 valence electrons. The predicted octanol–water partition coefficient (Wildman–Crippen LogP) is 6.03. The van der Waals surface area contributed by atoms with Gasteiger partial charge in [-0.1, -0.05) is 25.4 Å². The van der Waals surface area contributed by atoms with E-state index >= 15 is 0 Å². The molecule has 0 spiro atoms. The van der Waals surface area contributed by atoms with E-state index in [1.54, 1.807) is 12.1 Å². The molecule has 0 saturated carbocycles. The highest BCUT2D eigenvalue weighted by atomic mass is 35.5. The number of likely N-dealkylation sites (N-methyl/N-ethyl adjacent to an activating group) is 1. The van der Waals surface area contributed by atoms with Crippen LogP contribution < -0.4 is 4.72 Å². The first-order valence-electron chi connectivity index (χ1n) is 10.4. The van der Waals surface area contributed by atoms with Gasteiger partial charge in [0, 0.05) is 39.1 Å². The Morgan fingerprint density at radius 1 is 1.10 bits per heavy atom. The molecule has 0 radical (unpaired) electrons. The molecule has 0 saturated heterocycles. The number of sulfonamides is 1. The molecule has 31 heavy (non-hydrogen) atoms. The highest BCUT2D eigenvalue weighted by Crippen LogP contribution is 2.36. The number of halogens is 1. The van der Waals surface area contributed by atoms with Crippen molar-refractivity contribution >= 4 is 59.6 Å². The van der Waals surface area contributed by atoms with E-state index in [0.717, 1.165) is 52.6 Å². The number of hydrogen-bond acceptors (Lipinski definition) is 4. The summed E-state index contributed by atoms with van der Waals surface area (Å²) in [5.41, 5.74) is 3.48. The summed E-state index contributed by atoms with van der Waals surface area (Å²) in [6.45, 7) is 9.15. The summed E-state index contributed by atoms with van der Waals surface area (Å²) < 4.78 is 30.4. The SMILES string of the molecule is CCN(CC)CCc1c[nH]c2ccc(NS(=O)(=O)c3sc4ccc(Cl)cc4c3C)cc12. The van der Waals surface area contributed by atoms with E-state index in [9.17, 15) is 8.42 Å². The zero-order chi connectivity index (χ0) is 22.2. The van der Waals surface area contributed by atoms with E-state index in [-0.39, 0.29) is 0 Å². The van der Waals surface area contributed by atoms with Gasteiger partial charge >= 0.3 is 0 Å². The van der Waals surface area contributed by atoms with Crippen LogP contribution in [0.5, 0.6) is 0 Å². The van der Waals surface area contributed by atoms with Crippen LogP contribution in [0, 0.1) is 6.92 Å². The second kappa shape index (κ2) is 8.82. The third kappa shape index (κ3) is 4.46. The van der Waals surface area contributed by atoms with Crippen molar-refractivity contribution in [2.45, 2.75) is 31.4 Å².